The first kappa shape index (κ1) is 31.2. The molecule has 2 aromatic heterocycles. The number of anilines is 2. The number of aromatic nitrogens is 2. The number of ether oxygens (including phenoxy) is 2. The summed E-state index contributed by atoms with van der Waals surface area (Å²) in [6.45, 7) is 4.84. The van der Waals surface area contributed by atoms with Crippen molar-refractivity contribution in [2.75, 3.05) is 69.4 Å². The molecule has 44 heavy (non-hydrogen) atoms. The van der Waals surface area contributed by atoms with E-state index in [4.69, 9.17) is 21.1 Å². The molecule has 2 aliphatic rings. The third-order valence-electron chi connectivity index (χ3n) is 7.52. The number of fused-ring (bicyclic) bond motifs is 1. The van der Waals surface area contributed by atoms with E-state index in [1.165, 1.54) is 27.5 Å². The van der Waals surface area contributed by atoms with E-state index in [0.717, 1.165) is 6.42 Å². The molecule has 0 atom stereocenters. The molecular weight excluding hydrogens is 595 g/mol. The fourth-order valence-corrected chi connectivity index (χ4v) is 5.26. The summed E-state index contributed by atoms with van der Waals surface area (Å²) >= 11 is 5.82. The largest absolute Gasteiger partial charge is 0.486 e. The van der Waals surface area contributed by atoms with Crippen molar-refractivity contribution in [1.82, 2.24) is 19.6 Å². The number of urea groups is 1. The summed E-state index contributed by atoms with van der Waals surface area (Å²) in [4.78, 5) is 63.0. The predicted octanol–water partition coefficient (Wildman–Crippen LogP) is 2.92. The van der Waals surface area contributed by atoms with Crippen LogP contribution < -0.4 is 25.4 Å². The Morgan fingerprint density at radius 1 is 1.14 bits per heavy atom. The Kier molecular flexibility index (Phi) is 9.64. The zero-order valence-corrected chi connectivity index (χ0v) is 25.4. The van der Waals surface area contributed by atoms with Gasteiger partial charge in [0, 0.05) is 45.8 Å². The zero-order valence-electron chi connectivity index (χ0n) is 24.6. The maximum absolute atomic E-state index is 14.0. The molecule has 14 heteroatoms. The Balaban J connectivity index is 1.52. The number of nitrogens with one attached hydrogen (secondary N) is 1. The molecule has 3 amide bonds. The molecule has 0 saturated carbocycles. The third kappa shape index (κ3) is 6.63. The molecular formula is C30H34ClFN6O6. The van der Waals surface area contributed by atoms with Gasteiger partial charge in [-0.15, -0.1) is 0 Å². The quantitative estimate of drug-likeness (QED) is 0.322. The number of hydrogen-bond acceptors (Lipinski definition) is 8. The number of nitrogens with zero attached hydrogens (tertiary/aromatic N) is 5. The van der Waals surface area contributed by atoms with Crippen LogP contribution in [0.2, 0.25) is 5.02 Å². The number of ketones is 1. The van der Waals surface area contributed by atoms with Crippen molar-refractivity contribution in [2.45, 2.75) is 26.2 Å². The van der Waals surface area contributed by atoms with Crippen molar-refractivity contribution in [3.63, 3.8) is 0 Å². The number of rotatable bonds is 11. The van der Waals surface area contributed by atoms with Gasteiger partial charge in [-0.25, -0.2) is 14.2 Å². The molecule has 2 saturated heterocycles. The lowest BCUT2D eigenvalue weighted by Gasteiger charge is -2.30. The van der Waals surface area contributed by atoms with E-state index in [-0.39, 0.29) is 53.5 Å². The van der Waals surface area contributed by atoms with Crippen LogP contribution >= 0.6 is 11.6 Å². The second kappa shape index (κ2) is 13.6. The average molecular weight is 629 g/mol. The summed E-state index contributed by atoms with van der Waals surface area (Å²) < 4.78 is 26.1. The number of carbonyl (C=O) groups excluding carboxylic acids is 3. The van der Waals surface area contributed by atoms with E-state index in [0.29, 0.717) is 62.8 Å². The molecule has 4 heterocycles. The maximum atomic E-state index is 14.0. The zero-order chi connectivity index (χ0) is 31.4. The molecule has 234 valence electrons. The molecule has 1 aromatic carbocycles. The Labute approximate surface area is 258 Å². The Morgan fingerprint density at radius 3 is 2.59 bits per heavy atom. The van der Waals surface area contributed by atoms with E-state index < -0.39 is 17.3 Å². The van der Waals surface area contributed by atoms with Crippen LogP contribution in [-0.2, 0) is 16.0 Å². The first-order valence-electron chi connectivity index (χ1n) is 14.5. The van der Waals surface area contributed by atoms with Crippen LogP contribution in [0.1, 0.15) is 35.8 Å². The number of benzene rings is 1. The fourth-order valence-electron chi connectivity index (χ4n) is 5.06. The van der Waals surface area contributed by atoms with Crippen molar-refractivity contribution in [3.05, 3.63) is 62.9 Å². The van der Waals surface area contributed by atoms with Crippen LogP contribution in [0.15, 0.2) is 35.3 Å². The summed E-state index contributed by atoms with van der Waals surface area (Å²) in [5.74, 6) is -2.00. The van der Waals surface area contributed by atoms with Crippen molar-refractivity contribution in [2.24, 2.45) is 0 Å². The van der Waals surface area contributed by atoms with E-state index in [1.54, 1.807) is 24.2 Å². The third-order valence-corrected chi connectivity index (χ3v) is 7.81. The van der Waals surface area contributed by atoms with Gasteiger partial charge in [0.1, 0.15) is 5.82 Å². The Bertz CT molecular complexity index is 1640. The van der Waals surface area contributed by atoms with Crippen LogP contribution in [0.5, 0.6) is 5.75 Å². The fraction of sp³-hybridized carbons (Fsp3) is 0.433. The molecule has 0 unspecified atom stereocenters. The normalized spacial score (nSPS) is 15.3. The van der Waals surface area contributed by atoms with Gasteiger partial charge in [-0.1, -0.05) is 31.0 Å². The number of amides is 3. The van der Waals surface area contributed by atoms with Gasteiger partial charge in [0.05, 0.1) is 42.8 Å². The second-order valence-electron chi connectivity index (χ2n) is 10.7. The number of carbonyl (C=O) groups is 3. The van der Waals surface area contributed by atoms with Gasteiger partial charge >= 0.3 is 11.6 Å². The highest BCUT2D eigenvalue weighted by atomic mass is 35.5. The molecule has 0 spiro atoms. The number of unbranched alkanes of at least 4 members (excludes halogenated alkanes) is 1. The summed E-state index contributed by atoms with van der Waals surface area (Å²) in [5.41, 5.74) is 0.770. The number of pyridine rings is 1. The van der Waals surface area contributed by atoms with E-state index in [2.05, 4.69) is 15.2 Å². The summed E-state index contributed by atoms with van der Waals surface area (Å²) in [7, 11) is 1.69. The Hall–Kier alpha value is -4.23. The molecule has 1 N–H and O–H groups in total. The highest BCUT2D eigenvalue weighted by molar-refractivity contribution is 6.30. The number of halogens is 2. The van der Waals surface area contributed by atoms with Crippen molar-refractivity contribution in [1.29, 1.82) is 0 Å². The number of Topliss-reactive ketones (excluding diaryl/α,β-unsaturated/α-hetero) is 1. The Morgan fingerprint density at radius 2 is 1.91 bits per heavy atom. The van der Waals surface area contributed by atoms with Crippen molar-refractivity contribution >= 4 is 46.3 Å². The number of morpholine rings is 1. The smallest absolute Gasteiger partial charge is 0.324 e. The van der Waals surface area contributed by atoms with Gasteiger partial charge in [0.25, 0.3) is 5.91 Å². The van der Waals surface area contributed by atoms with Gasteiger partial charge in [0.15, 0.2) is 17.1 Å². The van der Waals surface area contributed by atoms with Crippen LogP contribution in [0.3, 0.4) is 0 Å². The average Bonchev–Trinajstić information content (AvgIpc) is 3.36. The minimum Gasteiger partial charge on any atom is -0.486 e. The minimum atomic E-state index is -0.783. The predicted molar refractivity (Wildman–Crippen MR) is 163 cm³/mol. The highest BCUT2D eigenvalue weighted by Gasteiger charge is 2.31. The molecule has 2 aliphatic heterocycles. The number of likely N-dealkylation sites (N-methyl/N-ethyl adjacent to an activating group) is 1. The van der Waals surface area contributed by atoms with E-state index >= 15 is 0 Å². The van der Waals surface area contributed by atoms with Crippen LogP contribution in [0.25, 0.3) is 5.65 Å². The van der Waals surface area contributed by atoms with Gasteiger partial charge in [-0.3, -0.25) is 23.7 Å². The van der Waals surface area contributed by atoms with Crippen LogP contribution in [0.4, 0.5) is 20.6 Å². The van der Waals surface area contributed by atoms with Crippen molar-refractivity contribution in [3.8, 4) is 5.75 Å². The molecule has 5 rings (SSSR count). The maximum Gasteiger partial charge on any atom is 0.324 e. The summed E-state index contributed by atoms with van der Waals surface area (Å²) in [5, 5.41) is 2.43. The molecule has 0 radical (unpaired) electrons. The molecule has 0 bridgehead atoms. The van der Waals surface area contributed by atoms with Gasteiger partial charge < -0.3 is 24.6 Å². The molecule has 2 fully saturated rings. The topological polar surface area (TPSA) is 126 Å². The molecule has 3 aromatic rings. The monoisotopic (exact) mass is 628 g/mol. The minimum absolute atomic E-state index is 0.0903. The molecule has 12 nitrogen and oxygen atoms in total. The summed E-state index contributed by atoms with van der Waals surface area (Å²) in [6.07, 6.45) is 2.97. The van der Waals surface area contributed by atoms with Gasteiger partial charge in [-0.05, 0) is 30.2 Å². The lowest BCUT2D eigenvalue weighted by Crippen LogP contribution is -2.38. The summed E-state index contributed by atoms with van der Waals surface area (Å²) in [6, 6.07) is 5.49. The van der Waals surface area contributed by atoms with Crippen molar-refractivity contribution < 1.29 is 28.2 Å². The molecule has 0 aliphatic carbocycles. The van der Waals surface area contributed by atoms with Crippen LogP contribution in [0, 0.1) is 5.82 Å². The standard InChI is InChI=1S/C30H34ClFN6O6/c1-3-4-11-44-26-25(28(40)33-17-21(39)14-19-5-6-23(32)22(31)15-19)34-27-24(37-8-7-35(2)30(37)42)16-20(18-38(27)29(26)41)36-9-12-43-13-10-36/h5-6,15-16,18H,3-4,7-14,17H2,1-2H3,(H,33,40). The number of hydrogen-bond donors (Lipinski definition) is 1. The highest BCUT2D eigenvalue weighted by Crippen LogP contribution is 2.30. The van der Waals surface area contributed by atoms with E-state index in [1.807, 2.05) is 6.92 Å². The SMILES string of the molecule is CCCCOc1c(C(=O)NCC(=O)Cc2ccc(F)c(Cl)c2)nc2c(N3CCN(C)C3=O)cc(N3CCOCC3)cn2c1=O. The van der Waals surface area contributed by atoms with Gasteiger partial charge in [0.2, 0.25) is 5.75 Å². The first-order valence-corrected chi connectivity index (χ1v) is 14.9. The second-order valence-corrected chi connectivity index (χ2v) is 11.1. The van der Waals surface area contributed by atoms with Crippen LogP contribution in [-0.4, -0.2) is 91.6 Å². The first-order chi connectivity index (χ1) is 21.2. The lowest BCUT2D eigenvalue weighted by atomic mass is 10.1. The lowest BCUT2D eigenvalue weighted by molar-refractivity contribution is -0.117. The van der Waals surface area contributed by atoms with Gasteiger partial charge in [-0.2, -0.15) is 0 Å². The van der Waals surface area contributed by atoms with E-state index in [9.17, 15) is 23.6 Å².